The van der Waals surface area contributed by atoms with Gasteiger partial charge < -0.3 is 35.4 Å². The number of benzene rings is 2. The molecule has 0 aliphatic heterocycles. The minimum Gasteiger partial charge on any atom is -0.459 e. The monoisotopic (exact) mass is 538 g/mol. The summed E-state index contributed by atoms with van der Waals surface area (Å²) in [6.45, 7) is 2.03. The first-order valence-electron chi connectivity index (χ1n) is 12.7. The summed E-state index contributed by atoms with van der Waals surface area (Å²) >= 11 is 0. The molecule has 11 heteroatoms. The summed E-state index contributed by atoms with van der Waals surface area (Å²) in [5.41, 5.74) is 7.42. The lowest BCUT2D eigenvalue weighted by Gasteiger charge is -2.17. The van der Waals surface area contributed by atoms with Gasteiger partial charge in [-0.3, -0.25) is 4.79 Å². The lowest BCUT2D eigenvalue weighted by Crippen LogP contribution is -2.42. The molecular formula is C28H34N4O7. The number of rotatable bonds is 14. The molecule has 3 rings (SSSR count). The van der Waals surface area contributed by atoms with Crippen LogP contribution in [-0.4, -0.2) is 46.8 Å². The number of aliphatic hydroxyl groups excluding tert-OH is 1. The molecule has 5 N–H and O–H groups in total. The first kappa shape index (κ1) is 29.3. The van der Waals surface area contributed by atoms with E-state index in [0.717, 1.165) is 17.4 Å². The second-order valence-electron chi connectivity index (χ2n) is 8.94. The summed E-state index contributed by atoms with van der Waals surface area (Å²) in [7, 11) is 0. The number of aliphatic hydroxyl groups is 1. The summed E-state index contributed by atoms with van der Waals surface area (Å²) in [6, 6.07) is 16.6. The van der Waals surface area contributed by atoms with Crippen molar-refractivity contribution < 1.29 is 33.4 Å². The zero-order valence-corrected chi connectivity index (χ0v) is 21.7. The predicted molar refractivity (Wildman–Crippen MR) is 141 cm³/mol. The second-order valence-corrected chi connectivity index (χ2v) is 8.94. The van der Waals surface area contributed by atoms with Crippen molar-refractivity contribution in [3.05, 3.63) is 89.6 Å². The average Bonchev–Trinajstić information content (AvgIpc) is 3.45. The number of nitrogens with zero attached hydrogens (tertiary/aromatic N) is 1. The Morgan fingerprint density at radius 1 is 0.974 bits per heavy atom. The molecule has 2 aromatic carbocycles. The molecule has 2 amide bonds. The molecule has 3 aromatic rings. The van der Waals surface area contributed by atoms with Crippen molar-refractivity contribution in [3.63, 3.8) is 0 Å². The van der Waals surface area contributed by atoms with E-state index >= 15 is 0 Å². The number of nitrogens with two attached hydrogens (primary N) is 1. The van der Waals surface area contributed by atoms with Gasteiger partial charge >= 0.3 is 12.1 Å². The fourth-order valence-electron chi connectivity index (χ4n) is 3.50. The van der Waals surface area contributed by atoms with Crippen molar-refractivity contribution in [2.24, 2.45) is 5.73 Å². The molecule has 1 aromatic heterocycles. The number of esters is 1. The molecular weight excluding hydrogens is 504 g/mol. The first-order valence-corrected chi connectivity index (χ1v) is 12.7. The van der Waals surface area contributed by atoms with Crippen LogP contribution in [0.2, 0.25) is 0 Å². The highest BCUT2D eigenvalue weighted by atomic mass is 16.5. The summed E-state index contributed by atoms with van der Waals surface area (Å²) < 4.78 is 15.8. The highest BCUT2D eigenvalue weighted by molar-refractivity contribution is 5.94. The van der Waals surface area contributed by atoms with Gasteiger partial charge in [0.2, 0.25) is 5.89 Å². The maximum Gasteiger partial charge on any atom is 0.407 e. The minimum absolute atomic E-state index is 0.00331. The number of oxazole rings is 1. The van der Waals surface area contributed by atoms with E-state index in [-0.39, 0.29) is 31.2 Å². The number of carbonyl (C=O) groups excluding carboxylic acids is 3. The van der Waals surface area contributed by atoms with E-state index in [9.17, 15) is 19.5 Å². The van der Waals surface area contributed by atoms with Crippen LogP contribution >= 0.6 is 0 Å². The Kier molecular flexibility index (Phi) is 11.5. The summed E-state index contributed by atoms with van der Waals surface area (Å²) in [5, 5.41) is 14.9. The molecule has 11 nitrogen and oxygen atoms in total. The van der Waals surface area contributed by atoms with Crippen molar-refractivity contribution in [2.45, 2.75) is 57.6 Å². The molecule has 0 spiro atoms. The van der Waals surface area contributed by atoms with Gasteiger partial charge in [-0.1, -0.05) is 60.7 Å². The Balaban J connectivity index is 1.50. The number of aromatic nitrogens is 1. The van der Waals surface area contributed by atoms with Gasteiger partial charge in [0, 0.05) is 6.54 Å². The minimum atomic E-state index is -0.961. The summed E-state index contributed by atoms with van der Waals surface area (Å²) in [4.78, 5) is 41.6. The fraction of sp³-hybridized carbons (Fsp3) is 0.357. The number of unbranched alkanes of at least 4 members (excludes halogenated alkanes) is 1. The van der Waals surface area contributed by atoms with Crippen LogP contribution in [0.1, 0.15) is 59.7 Å². The van der Waals surface area contributed by atoms with E-state index < -0.39 is 36.2 Å². The van der Waals surface area contributed by atoms with Gasteiger partial charge in [-0.15, -0.1) is 0 Å². The van der Waals surface area contributed by atoms with Crippen LogP contribution in [0.3, 0.4) is 0 Å². The molecule has 208 valence electrons. The van der Waals surface area contributed by atoms with Crippen molar-refractivity contribution in [3.8, 4) is 0 Å². The van der Waals surface area contributed by atoms with Gasteiger partial charge in [0.15, 0.2) is 5.69 Å². The van der Waals surface area contributed by atoms with Crippen molar-refractivity contribution >= 4 is 18.0 Å². The average molecular weight is 539 g/mol. The Bertz CT molecular complexity index is 1180. The quantitative estimate of drug-likeness (QED) is 0.178. The maximum atomic E-state index is 12.9. The van der Waals surface area contributed by atoms with Crippen LogP contribution in [0, 0.1) is 0 Å². The highest BCUT2D eigenvalue weighted by Gasteiger charge is 2.26. The van der Waals surface area contributed by atoms with Crippen molar-refractivity contribution in [1.82, 2.24) is 15.6 Å². The molecule has 39 heavy (non-hydrogen) atoms. The van der Waals surface area contributed by atoms with Gasteiger partial charge in [0.05, 0.1) is 6.10 Å². The van der Waals surface area contributed by atoms with Gasteiger partial charge in [-0.25, -0.2) is 14.6 Å². The fourth-order valence-corrected chi connectivity index (χ4v) is 3.50. The van der Waals surface area contributed by atoms with Gasteiger partial charge in [0.25, 0.3) is 5.91 Å². The Labute approximate surface area is 226 Å². The Hall–Kier alpha value is -4.22. The number of amides is 2. The molecule has 3 unspecified atom stereocenters. The van der Waals surface area contributed by atoms with E-state index in [1.165, 1.54) is 6.92 Å². The topological polar surface area (TPSA) is 166 Å². The van der Waals surface area contributed by atoms with Crippen LogP contribution in [0.4, 0.5) is 4.79 Å². The number of nitrogens with one attached hydrogen (secondary N) is 2. The predicted octanol–water partition coefficient (Wildman–Crippen LogP) is 2.99. The summed E-state index contributed by atoms with van der Waals surface area (Å²) in [5.74, 6) is -1.25. The molecule has 0 saturated heterocycles. The molecule has 0 radical (unpaired) electrons. The normalized spacial score (nSPS) is 13.1. The Morgan fingerprint density at radius 2 is 1.59 bits per heavy atom. The van der Waals surface area contributed by atoms with E-state index in [4.69, 9.17) is 19.6 Å². The number of hydrogen-bond acceptors (Lipinski definition) is 9. The van der Waals surface area contributed by atoms with Crippen LogP contribution in [0.25, 0.3) is 0 Å². The second kappa shape index (κ2) is 15.3. The third kappa shape index (κ3) is 9.87. The molecule has 0 fully saturated rings. The largest absolute Gasteiger partial charge is 0.459 e. The highest BCUT2D eigenvalue weighted by Crippen LogP contribution is 2.14. The number of alkyl carbamates (subject to hydrolysis) is 1. The molecule has 0 bridgehead atoms. The standard InChI is InChI=1S/C28H34N4O7/c1-19(33)24(29)26-32-23(18-37-26)25(34)31-22(27(35)38-16-20-10-4-2-5-11-20)14-8-9-15-30-28(36)39-17-21-12-6-3-7-13-21/h2-7,10-13,18-19,22,24,33H,8-9,14-17,29H2,1H3,(H,30,36)(H,31,34). The number of carbonyl (C=O) groups is 3. The molecule has 0 aliphatic rings. The van der Waals surface area contributed by atoms with Crippen LogP contribution in [-0.2, 0) is 27.5 Å². The SMILES string of the molecule is CC(O)C(N)c1nc(C(=O)NC(CCCCNC(=O)OCc2ccccc2)C(=O)OCc2ccccc2)co1. The molecule has 1 heterocycles. The first-order chi connectivity index (χ1) is 18.8. The van der Waals surface area contributed by atoms with Crippen molar-refractivity contribution in [2.75, 3.05) is 6.54 Å². The smallest absolute Gasteiger partial charge is 0.407 e. The summed E-state index contributed by atoms with van der Waals surface area (Å²) in [6.07, 6.45) is 0.951. The number of ether oxygens (including phenoxy) is 2. The Morgan fingerprint density at radius 3 is 2.21 bits per heavy atom. The molecule has 3 atom stereocenters. The molecule has 0 saturated carbocycles. The van der Waals surface area contributed by atoms with E-state index in [1.807, 2.05) is 60.7 Å². The lowest BCUT2D eigenvalue weighted by atomic mass is 10.1. The van der Waals surface area contributed by atoms with Gasteiger partial charge in [0.1, 0.15) is 31.6 Å². The molecule has 0 aliphatic carbocycles. The zero-order chi connectivity index (χ0) is 28.0. The zero-order valence-electron chi connectivity index (χ0n) is 21.7. The van der Waals surface area contributed by atoms with Gasteiger partial charge in [-0.2, -0.15) is 0 Å². The van der Waals surface area contributed by atoms with Gasteiger partial charge in [-0.05, 0) is 37.3 Å². The van der Waals surface area contributed by atoms with Crippen molar-refractivity contribution in [1.29, 1.82) is 0 Å². The van der Waals surface area contributed by atoms with E-state index in [2.05, 4.69) is 15.6 Å². The third-order valence-electron chi connectivity index (χ3n) is 5.77. The van der Waals surface area contributed by atoms with E-state index in [1.54, 1.807) is 0 Å². The van der Waals surface area contributed by atoms with E-state index in [0.29, 0.717) is 19.4 Å². The van der Waals surface area contributed by atoms with Crippen LogP contribution < -0.4 is 16.4 Å². The van der Waals surface area contributed by atoms with Crippen LogP contribution in [0.5, 0.6) is 0 Å². The van der Waals surface area contributed by atoms with Crippen LogP contribution in [0.15, 0.2) is 71.3 Å². The maximum absolute atomic E-state index is 12.9. The number of hydrogen-bond donors (Lipinski definition) is 4. The lowest BCUT2D eigenvalue weighted by molar-refractivity contribution is -0.147. The third-order valence-corrected chi connectivity index (χ3v) is 5.77.